The number of halogens is 1. The van der Waals surface area contributed by atoms with Gasteiger partial charge in [-0.05, 0) is 43.2 Å². The molecule has 0 radical (unpaired) electrons. The summed E-state index contributed by atoms with van der Waals surface area (Å²) in [6.45, 7) is 2.53. The first kappa shape index (κ1) is 23.0. The van der Waals surface area contributed by atoms with E-state index in [1.807, 2.05) is 24.3 Å². The molecule has 33 heavy (non-hydrogen) atoms. The maximum absolute atomic E-state index is 12.6. The number of benzene rings is 3. The number of aryl methyl sites for hydroxylation is 1. The fraction of sp³-hybridized carbons (Fsp3) is 0.200. The van der Waals surface area contributed by atoms with Crippen LogP contribution in [-0.4, -0.2) is 23.3 Å². The van der Waals surface area contributed by atoms with Crippen LogP contribution in [0.3, 0.4) is 0 Å². The van der Waals surface area contributed by atoms with Gasteiger partial charge in [-0.3, -0.25) is 4.79 Å². The zero-order chi connectivity index (χ0) is 23.2. The second-order valence-electron chi connectivity index (χ2n) is 7.88. The van der Waals surface area contributed by atoms with Crippen molar-refractivity contribution in [2.75, 3.05) is 0 Å². The van der Waals surface area contributed by atoms with Gasteiger partial charge in [-0.15, -0.1) is 0 Å². The third-order valence-corrected chi connectivity index (χ3v) is 5.89. The predicted octanol–water partition coefficient (Wildman–Crippen LogP) is 4.10. The monoisotopic (exact) mass is 508 g/mol. The Morgan fingerprint density at radius 2 is 1.97 bits per heavy atom. The Balaban J connectivity index is 1.35. The first-order valence-electron chi connectivity index (χ1n) is 10.6. The lowest BCUT2D eigenvalue weighted by Crippen LogP contribution is -2.41. The largest absolute Gasteiger partial charge is 0.507 e. The van der Waals surface area contributed by atoms with Crippen LogP contribution in [0, 0.1) is 6.92 Å². The van der Waals surface area contributed by atoms with Crippen LogP contribution in [0.5, 0.6) is 11.5 Å². The van der Waals surface area contributed by atoms with Crippen LogP contribution in [0.4, 0.5) is 0 Å². The van der Waals surface area contributed by atoms with E-state index >= 15 is 0 Å². The maximum Gasteiger partial charge on any atom is 0.258 e. The summed E-state index contributed by atoms with van der Waals surface area (Å²) in [6.07, 6.45) is 1.94. The van der Waals surface area contributed by atoms with Crippen molar-refractivity contribution in [1.82, 2.24) is 16.3 Å². The lowest BCUT2D eigenvalue weighted by Gasteiger charge is -2.16. The predicted molar refractivity (Wildman–Crippen MR) is 131 cm³/mol. The molecule has 1 amide bonds. The van der Waals surface area contributed by atoms with Gasteiger partial charge in [0.25, 0.3) is 5.91 Å². The molecular weight excluding hydrogens is 484 g/mol. The van der Waals surface area contributed by atoms with E-state index in [4.69, 9.17) is 4.74 Å². The number of phenols is 1. The number of nitrogens with zero attached hydrogens (tertiary/aromatic N) is 1. The molecule has 0 aliphatic carbocycles. The SMILES string of the molecule is Cc1ccc(COc2ccccc2C2CC(C(=O)N/N=C/c3cc(Br)ccc3O)NN2)cc1. The standard InChI is InChI=1S/C25H25BrN4O3/c1-16-6-8-17(9-7-16)15-33-24-5-3-2-4-20(24)21-13-22(29-28-21)25(32)30-27-14-18-12-19(26)10-11-23(18)31/h2-12,14,21-22,28-29,31H,13,15H2,1H3,(H,30,32)/b27-14+. The number of para-hydroxylation sites is 1. The number of hydrogen-bond donors (Lipinski definition) is 4. The number of nitrogens with one attached hydrogen (secondary N) is 3. The van der Waals surface area contributed by atoms with E-state index in [2.05, 4.69) is 68.5 Å². The normalized spacial score (nSPS) is 17.9. The van der Waals surface area contributed by atoms with Crippen LogP contribution in [0.15, 0.2) is 76.3 Å². The molecule has 0 bridgehead atoms. The summed E-state index contributed by atoms with van der Waals surface area (Å²) in [5.41, 5.74) is 12.5. The number of rotatable bonds is 7. The molecule has 4 rings (SSSR count). The van der Waals surface area contributed by atoms with Gasteiger partial charge in [-0.25, -0.2) is 16.3 Å². The van der Waals surface area contributed by atoms with Gasteiger partial charge in [0.05, 0.1) is 12.3 Å². The summed E-state index contributed by atoms with van der Waals surface area (Å²) in [5.74, 6) is 0.592. The van der Waals surface area contributed by atoms with Crippen molar-refractivity contribution in [2.24, 2.45) is 5.10 Å². The van der Waals surface area contributed by atoms with Crippen LogP contribution in [0.2, 0.25) is 0 Å². The lowest BCUT2D eigenvalue weighted by molar-refractivity contribution is -0.122. The van der Waals surface area contributed by atoms with Crippen molar-refractivity contribution in [2.45, 2.75) is 32.0 Å². The van der Waals surface area contributed by atoms with Gasteiger partial charge in [0.1, 0.15) is 24.1 Å². The van der Waals surface area contributed by atoms with Gasteiger partial charge < -0.3 is 9.84 Å². The zero-order valence-electron chi connectivity index (χ0n) is 18.1. The molecule has 0 saturated carbocycles. The Morgan fingerprint density at radius 3 is 2.79 bits per heavy atom. The topological polar surface area (TPSA) is 95.0 Å². The number of aromatic hydroxyl groups is 1. The molecule has 3 aromatic rings. The van der Waals surface area contributed by atoms with Crippen molar-refractivity contribution in [3.05, 3.63) is 93.5 Å². The van der Waals surface area contributed by atoms with Gasteiger partial charge in [0.2, 0.25) is 0 Å². The van der Waals surface area contributed by atoms with Gasteiger partial charge in [0.15, 0.2) is 0 Å². The van der Waals surface area contributed by atoms with Crippen LogP contribution >= 0.6 is 15.9 Å². The fourth-order valence-electron chi connectivity index (χ4n) is 3.55. The fourth-order valence-corrected chi connectivity index (χ4v) is 3.93. The zero-order valence-corrected chi connectivity index (χ0v) is 19.7. The highest BCUT2D eigenvalue weighted by Gasteiger charge is 2.31. The molecule has 2 unspecified atom stereocenters. The van der Waals surface area contributed by atoms with Crippen LogP contribution in [-0.2, 0) is 11.4 Å². The third kappa shape index (κ3) is 5.98. The van der Waals surface area contributed by atoms with Gasteiger partial charge >= 0.3 is 0 Å². The molecule has 8 heteroatoms. The summed E-state index contributed by atoms with van der Waals surface area (Å²) in [7, 11) is 0. The second kappa shape index (κ2) is 10.6. The molecule has 1 aliphatic rings. The Morgan fingerprint density at radius 1 is 1.18 bits per heavy atom. The van der Waals surface area contributed by atoms with Crippen molar-refractivity contribution in [3.8, 4) is 11.5 Å². The van der Waals surface area contributed by atoms with Crippen molar-refractivity contribution < 1.29 is 14.6 Å². The minimum absolute atomic E-state index is 0.0826. The van der Waals surface area contributed by atoms with Crippen molar-refractivity contribution >= 4 is 28.1 Å². The molecule has 1 saturated heterocycles. The summed E-state index contributed by atoms with van der Waals surface area (Å²) >= 11 is 3.34. The number of ether oxygens (including phenoxy) is 1. The molecule has 3 aromatic carbocycles. The van der Waals surface area contributed by atoms with Gasteiger partial charge in [-0.1, -0.05) is 64.0 Å². The summed E-state index contributed by atoms with van der Waals surface area (Å²) in [6, 6.07) is 20.5. The number of hydrazine groups is 1. The molecule has 0 aromatic heterocycles. The summed E-state index contributed by atoms with van der Waals surface area (Å²) in [4.78, 5) is 12.6. The molecule has 1 heterocycles. The highest BCUT2D eigenvalue weighted by atomic mass is 79.9. The van der Waals surface area contributed by atoms with E-state index in [-0.39, 0.29) is 17.7 Å². The third-order valence-electron chi connectivity index (χ3n) is 5.40. The molecule has 170 valence electrons. The van der Waals surface area contributed by atoms with E-state index in [1.54, 1.807) is 18.2 Å². The molecule has 1 aliphatic heterocycles. The first-order chi connectivity index (χ1) is 16.0. The first-order valence-corrected chi connectivity index (χ1v) is 11.4. The van der Waals surface area contributed by atoms with Gasteiger partial charge in [-0.2, -0.15) is 5.10 Å². The van der Waals surface area contributed by atoms with Crippen molar-refractivity contribution in [1.29, 1.82) is 0 Å². The summed E-state index contributed by atoms with van der Waals surface area (Å²) in [5, 5.41) is 13.8. The average molecular weight is 509 g/mol. The molecule has 7 nitrogen and oxygen atoms in total. The average Bonchev–Trinajstić information content (AvgIpc) is 3.31. The smallest absolute Gasteiger partial charge is 0.258 e. The molecule has 1 fully saturated rings. The van der Waals surface area contributed by atoms with E-state index < -0.39 is 6.04 Å². The van der Waals surface area contributed by atoms with E-state index in [9.17, 15) is 9.90 Å². The Kier molecular flexibility index (Phi) is 7.39. The Hall–Kier alpha value is -3.20. The van der Waals surface area contributed by atoms with E-state index in [1.165, 1.54) is 11.8 Å². The molecule has 0 spiro atoms. The molecular formula is C25H25BrN4O3. The molecule has 2 atom stereocenters. The maximum atomic E-state index is 12.6. The highest BCUT2D eigenvalue weighted by Crippen LogP contribution is 2.30. The van der Waals surface area contributed by atoms with Gasteiger partial charge in [0, 0.05) is 15.6 Å². The van der Waals surface area contributed by atoms with E-state index in [0.717, 1.165) is 21.3 Å². The van der Waals surface area contributed by atoms with Crippen LogP contribution < -0.4 is 21.0 Å². The number of carbonyl (C=O) groups excluding carboxylic acids is 1. The highest BCUT2D eigenvalue weighted by molar-refractivity contribution is 9.10. The number of carbonyl (C=O) groups is 1. The Bertz CT molecular complexity index is 1150. The van der Waals surface area contributed by atoms with Crippen LogP contribution in [0.25, 0.3) is 0 Å². The second-order valence-corrected chi connectivity index (χ2v) is 8.79. The minimum Gasteiger partial charge on any atom is -0.507 e. The van der Waals surface area contributed by atoms with Crippen LogP contribution in [0.1, 0.15) is 34.7 Å². The minimum atomic E-state index is -0.464. The number of hydrazone groups is 1. The number of phenolic OH excluding ortho intramolecular Hbond substituents is 1. The number of hydrogen-bond acceptors (Lipinski definition) is 6. The van der Waals surface area contributed by atoms with Crippen molar-refractivity contribution in [3.63, 3.8) is 0 Å². The number of amides is 1. The Labute approximate surface area is 201 Å². The quantitative estimate of drug-likeness (QED) is 0.284. The summed E-state index contributed by atoms with van der Waals surface area (Å²) < 4.78 is 6.89. The lowest BCUT2D eigenvalue weighted by atomic mass is 10.0. The van der Waals surface area contributed by atoms with E-state index in [0.29, 0.717) is 18.6 Å². The molecule has 4 N–H and O–H groups in total.